The molecule has 2 heterocycles. The summed E-state index contributed by atoms with van der Waals surface area (Å²) in [6, 6.07) is 3.43. The number of carboxylic acids is 1. The molecule has 0 spiro atoms. The van der Waals surface area contributed by atoms with Gasteiger partial charge in [-0.2, -0.15) is 0 Å². The Bertz CT molecular complexity index is 422. The van der Waals surface area contributed by atoms with Crippen molar-refractivity contribution < 1.29 is 14.7 Å². The molecule has 86 valence electrons. The number of fused-ring (bicyclic) bond motifs is 1. The summed E-state index contributed by atoms with van der Waals surface area (Å²) in [6.07, 6.45) is 2.57. The maximum Gasteiger partial charge on any atom is 0.323 e. The second-order valence-corrected chi connectivity index (χ2v) is 3.34. The lowest BCUT2D eigenvalue weighted by Gasteiger charge is -2.26. The number of carboxylic acid groups (broad SMARTS) is 1. The quantitative estimate of drug-likeness (QED) is 0.835. The molecule has 5 nitrogen and oxygen atoms in total. The molecule has 1 aliphatic rings. The predicted octanol–water partition coefficient (Wildman–Crippen LogP) is 0.867. The molecule has 1 aromatic rings. The van der Waals surface area contributed by atoms with E-state index in [1.807, 2.05) is 0 Å². The Kier molecular flexibility index (Phi) is 3.84. The molecule has 1 N–H and O–H groups in total. The Balaban J connectivity index is 0.00000128. The van der Waals surface area contributed by atoms with Gasteiger partial charge in [-0.3, -0.25) is 19.5 Å². The van der Waals surface area contributed by atoms with Gasteiger partial charge in [-0.1, -0.05) is 0 Å². The zero-order valence-electron chi connectivity index (χ0n) is 8.42. The lowest BCUT2D eigenvalue weighted by atomic mass is 10.1. The molecule has 1 aliphatic heterocycles. The number of hydrogen-bond donors (Lipinski definition) is 1. The van der Waals surface area contributed by atoms with Crippen LogP contribution < -0.4 is 4.90 Å². The second kappa shape index (κ2) is 4.94. The third-order valence-electron chi connectivity index (χ3n) is 2.33. The summed E-state index contributed by atoms with van der Waals surface area (Å²) in [6.45, 7) is -0.294. The number of amides is 1. The number of aryl methyl sites for hydroxylation is 1. The van der Waals surface area contributed by atoms with Crippen molar-refractivity contribution in [2.75, 3.05) is 11.4 Å². The van der Waals surface area contributed by atoms with Crippen molar-refractivity contribution in [1.29, 1.82) is 0 Å². The van der Waals surface area contributed by atoms with Crippen LogP contribution in [0.4, 0.5) is 5.69 Å². The average Bonchev–Trinajstić information content (AvgIpc) is 2.22. The van der Waals surface area contributed by atoms with E-state index in [1.165, 1.54) is 4.90 Å². The Morgan fingerprint density at radius 3 is 2.94 bits per heavy atom. The number of anilines is 1. The summed E-state index contributed by atoms with van der Waals surface area (Å²) in [4.78, 5) is 27.5. The standard InChI is InChI=1S/C10H10N2O3.ClH/c13-9-4-3-7-8(2-1-5-11-7)12(9)6-10(14)15;/h1-2,5H,3-4,6H2,(H,14,15);1H. The van der Waals surface area contributed by atoms with Gasteiger partial charge in [0.15, 0.2) is 0 Å². The highest BCUT2D eigenvalue weighted by Crippen LogP contribution is 2.25. The van der Waals surface area contributed by atoms with Gasteiger partial charge in [0.25, 0.3) is 0 Å². The number of carbonyl (C=O) groups excluding carboxylic acids is 1. The van der Waals surface area contributed by atoms with Gasteiger partial charge in [-0.25, -0.2) is 0 Å². The van der Waals surface area contributed by atoms with Crippen molar-refractivity contribution in [1.82, 2.24) is 4.98 Å². The maximum atomic E-state index is 11.5. The third-order valence-corrected chi connectivity index (χ3v) is 2.33. The third kappa shape index (κ3) is 2.30. The fraction of sp³-hybridized carbons (Fsp3) is 0.300. The molecule has 0 atom stereocenters. The van der Waals surface area contributed by atoms with E-state index in [2.05, 4.69) is 4.98 Å². The summed E-state index contributed by atoms with van der Waals surface area (Å²) >= 11 is 0. The second-order valence-electron chi connectivity index (χ2n) is 3.34. The molecule has 16 heavy (non-hydrogen) atoms. The first-order valence-corrected chi connectivity index (χ1v) is 4.64. The Hall–Kier alpha value is -1.62. The van der Waals surface area contributed by atoms with Gasteiger partial charge in [0.05, 0.1) is 11.4 Å². The molecule has 6 heteroatoms. The minimum absolute atomic E-state index is 0. The maximum absolute atomic E-state index is 11.5. The smallest absolute Gasteiger partial charge is 0.323 e. The summed E-state index contributed by atoms with van der Waals surface area (Å²) in [7, 11) is 0. The summed E-state index contributed by atoms with van der Waals surface area (Å²) in [5.74, 6) is -1.17. The van der Waals surface area contributed by atoms with E-state index in [1.54, 1.807) is 18.3 Å². The van der Waals surface area contributed by atoms with Crippen LogP contribution in [0.2, 0.25) is 0 Å². The van der Waals surface area contributed by atoms with Gasteiger partial charge in [-0.05, 0) is 12.1 Å². The first kappa shape index (κ1) is 12.4. The number of rotatable bonds is 2. The van der Waals surface area contributed by atoms with Crippen LogP contribution in [0, 0.1) is 0 Å². The van der Waals surface area contributed by atoms with Crippen LogP contribution in [0.3, 0.4) is 0 Å². The minimum atomic E-state index is -1.01. The molecule has 0 saturated carbocycles. The molecule has 0 aliphatic carbocycles. The van der Waals surface area contributed by atoms with Gasteiger partial charge in [0.2, 0.25) is 5.91 Å². The van der Waals surface area contributed by atoms with Gasteiger partial charge in [0, 0.05) is 19.0 Å². The van der Waals surface area contributed by atoms with Crippen molar-refractivity contribution in [3.63, 3.8) is 0 Å². The van der Waals surface area contributed by atoms with E-state index < -0.39 is 5.97 Å². The number of carbonyl (C=O) groups is 2. The van der Waals surface area contributed by atoms with E-state index in [0.29, 0.717) is 18.5 Å². The van der Waals surface area contributed by atoms with Crippen LogP contribution in [0.1, 0.15) is 12.1 Å². The largest absolute Gasteiger partial charge is 0.480 e. The fourth-order valence-corrected chi connectivity index (χ4v) is 1.67. The highest BCUT2D eigenvalue weighted by atomic mass is 35.5. The van der Waals surface area contributed by atoms with Crippen LogP contribution >= 0.6 is 12.4 Å². The van der Waals surface area contributed by atoms with Crippen LogP contribution in [0.5, 0.6) is 0 Å². The van der Waals surface area contributed by atoms with Gasteiger partial charge >= 0.3 is 5.97 Å². The number of hydrogen-bond acceptors (Lipinski definition) is 3. The minimum Gasteiger partial charge on any atom is -0.480 e. The summed E-state index contributed by atoms with van der Waals surface area (Å²) in [5, 5.41) is 8.69. The zero-order valence-corrected chi connectivity index (χ0v) is 9.24. The van der Waals surface area contributed by atoms with Crippen LogP contribution in [-0.2, 0) is 16.0 Å². The van der Waals surface area contributed by atoms with Crippen molar-refractivity contribution in [2.45, 2.75) is 12.8 Å². The van der Waals surface area contributed by atoms with Crippen molar-refractivity contribution in [3.05, 3.63) is 24.0 Å². The van der Waals surface area contributed by atoms with Crippen LogP contribution in [-0.4, -0.2) is 28.5 Å². The molecule has 0 saturated heterocycles. The zero-order chi connectivity index (χ0) is 10.8. The predicted molar refractivity (Wildman–Crippen MR) is 59.8 cm³/mol. The molecule has 0 bridgehead atoms. The normalized spacial score (nSPS) is 14.0. The molecule has 0 aromatic carbocycles. The molecule has 1 aromatic heterocycles. The lowest BCUT2D eigenvalue weighted by Crippen LogP contribution is -2.39. The monoisotopic (exact) mass is 242 g/mol. The summed E-state index contributed by atoms with van der Waals surface area (Å²) in [5.41, 5.74) is 1.41. The number of aromatic nitrogens is 1. The summed E-state index contributed by atoms with van der Waals surface area (Å²) < 4.78 is 0. The first-order chi connectivity index (χ1) is 7.18. The van der Waals surface area contributed by atoms with Gasteiger partial charge in [0.1, 0.15) is 6.54 Å². The molecule has 2 rings (SSSR count). The number of halogens is 1. The number of nitrogens with zero attached hydrogens (tertiary/aromatic N) is 2. The Morgan fingerprint density at radius 1 is 1.50 bits per heavy atom. The van der Waals surface area contributed by atoms with E-state index in [9.17, 15) is 9.59 Å². The SMILES string of the molecule is Cl.O=C(O)CN1C(=O)CCc2ncccc21. The first-order valence-electron chi connectivity index (χ1n) is 4.64. The van der Waals surface area contributed by atoms with Crippen LogP contribution in [0.25, 0.3) is 0 Å². The van der Waals surface area contributed by atoms with Gasteiger partial charge < -0.3 is 5.11 Å². The number of aliphatic carboxylic acids is 1. The van der Waals surface area contributed by atoms with E-state index in [0.717, 1.165) is 5.69 Å². The molecule has 0 unspecified atom stereocenters. The van der Waals surface area contributed by atoms with Crippen molar-refractivity contribution >= 4 is 30.0 Å². The van der Waals surface area contributed by atoms with E-state index in [4.69, 9.17) is 5.11 Å². The van der Waals surface area contributed by atoms with E-state index >= 15 is 0 Å². The average molecular weight is 243 g/mol. The number of pyridine rings is 1. The fourth-order valence-electron chi connectivity index (χ4n) is 1.67. The molecule has 1 amide bonds. The van der Waals surface area contributed by atoms with E-state index in [-0.39, 0.29) is 24.9 Å². The highest BCUT2D eigenvalue weighted by Gasteiger charge is 2.26. The Morgan fingerprint density at radius 2 is 2.25 bits per heavy atom. The van der Waals surface area contributed by atoms with Crippen LogP contribution in [0.15, 0.2) is 18.3 Å². The highest BCUT2D eigenvalue weighted by molar-refractivity contribution is 5.99. The molecule has 0 fully saturated rings. The topological polar surface area (TPSA) is 70.5 Å². The molecular formula is C10H11ClN2O3. The Labute approximate surface area is 98.5 Å². The molecule has 0 radical (unpaired) electrons. The van der Waals surface area contributed by atoms with Gasteiger partial charge in [-0.15, -0.1) is 12.4 Å². The lowest BCUT2D eigenvalue weighted by molar-refractivity contribution is -0.136. The van der Waals surface area contributed by atoms with Crippen molar-refractivity contribution in [2.24, 2.45) is 0 Å². The molecular weight excluding hydrogens is 232 g/mol. The van der Waals surface area contributed by atoms with Crippen molar-refractivity contribution in [3.8, 4) is 0 Å².